The van der Waals surface area contributed by atoms with E-state index in [9.17, 15) is 0 Å². The third-order valence-electron chi connectivity index (χ3n) is 3.01. The molecular weight excluding hydrogens is 422 g/mol. The van der Waals surface area contributed by atoms with Gasteiger partial charge in [-0.2, -0.15) is 0 Å². The summed E-state index contributed by atoms with van der Waals surface area (Å²) in [5.74, 6) is 0. The number of rotatable bonds is 5. The summed E-state index contributed by atoms with van der Waals surface area (Å²) in [6.07, 6.45) is 1.10. The molecule has 0 amide bonds. The maximum atomic E-state index is 6.19. The molecule has 0 spiro atoms. The fraction of sp³-hybridized carbons (Fsp3) is 0.333. The third-order valence-corrected chi connectivity index (χ3v) is 6.24. The Hall–Kier alpha value is 0.130. The van der Waals surface area contributed by atoms with Crippen molar-refractivity contribution in [3.8, 4) is 0 Å². The summed E-state index contributed by atoms with van der Waals surface area (Å²) >= 11 is 15.0. The Morgan fingerprint density at radius 2 is 2.00 bits per heavy atom. The van der Waals surface area contributed by atoms with Gasteiger partial charge in [0.2, 0.25) is 0 Å². The quantitative estimate of drug-likeness (QED) is 0.577. The zero-order valence-electron chi connectivity index (χ0n) is 11.3. The summed E-state index contributed by atoms with van der Waals surface area (Å²) < 4.78 is 2.89. The minimum atomic E-state index is 0.165. The normalized spacial score (nSPS) is 12.7. The highest BCUT2D eigenvalue weighted by Crippen LogP contribution is 2.39. The zero-order valence-corrected chi connectivity index (χ0v) is 16.1. The van der Waals surface area contributed by atoms with Gasteiger partial charge in [-0.25, -0.2) is 0 Å². The molecule has 1 unspecified atom stereocenters. The van der Waals surface area contributed by atoms with E-state index in [4.69, 9.17) is 11.6 Å². The standard InChI is InChI=1S/C15H16Br2ClNS/c1-3-6-19-14(13-8-12(17)15(18)20-13)10-5-4-9(2)7-11(10)16/h4-5,7-8,14,19H,3,6H2,1-2H3. The number of hydrogen-bond donors (Lipinski definition) is 1. The van der Waals surface area contributed by atoms with E-state index in [0.29, 0.717) is 0 Å². The first-order valence-corrected chi connectivity index (χ1v) is 9.25. The molecule has 1 aromatic heterocycles. The van der Waals surface area contributed by atoms with Gasteiger partial charge in [-0.05, 0) is 59.1 Å². The Labute approximate surface area is 146 Å². The summed E-state index contributed by atoms with van der Waals surface area (Å²) in [4.78, 5) is 1.22. The Kier molecular flexibility index (Phi) is 6.11. The van der Waals surface area contributed by atoms with E-state index in [1.54, 1.807) is 11.3 Å². The van der Waals surface area contributed by atoms with Crippen LogP contribution in [0.3, 0.4) is 0 Å². The molecule has 0 aliphatic rings. The van der Waals surface area contributed by atoms with Crippen LogP contribution in [0.1, 0.15) is 35.4 Å². The smallest absolute Gasteiger partial charge is 0.107 e. The molecular formula is C15H16Br2ClNS. The van der Waals surface area contributed by atoms with Gasteiger partial charge in [0.1, 0.15) is 4.34 Å². The van der Waals surface area contributed by atoms with Crippen LogP contribution in [0.25, 0.3) is 0 Å². The number of nitrogens with one attached hydrogen (secondary N) is 1. The molecule has 1 nitrogen and oxygen atoms in total. The highest BCUT2D eigenvalue weighted by Gasteiger charge is 2.19. The van der Waals surface area contributed by atoms with E-state index >= 15 is 0 Å². The molecule has 20 heavy (non-hydrogen) atoms. The monoisotopic (exact) mass is 435 g/mol. The van der Waals surface area contributed by atoms with Crippen molar-refractivity contribution in [1.29, 1.82) is 0 Å². The third kappa shape index (κ3) is 3.86. The van der Waals surface area contributed by atoms with Crippen molar-refractivity contribution < 1.29 is 0 Å². The molecule has 0 saturated heterocycles. The minimum absolute atomic E-state index is 0.165. The van der Waals surface area contributed by atoms with Crippen molar-refractivity contribution in [1.82, 2.24) is 5.32 Å². The molecule has 0 radical (unpaired) electrons. The SMILES string of the molecule is CCCNC(c1cc(Br)c(Cl)s1)c1ccc(C)cc1Br. The number of aryl methyl sites for hydroxylation is 1. The van der Waals surface area contributed by atoms with Crippen LogP contribution in [0.4, 0.5) is 0 Å². The predicted octanol–water partition coefficient (Wildman–Crippen LogP) is 6.32. The maximum absolute atomic E-state index is 6.19. The van der Waals surface area contributed by atoms with Crippen LogP contribution in [0.2, 0.25) is 4.34 Å². The van der Waals surface area contributed by atoms with Crippen LogP contribution in [0.5, 0.6) is 0 Å². The molecule has 108 valence electrons. The molecule has 1 heterocycles. The van der Waals surface area contributed by atoms with Crippen LogP contribution in [0.15, 0.2) is 33.2 Å². The van der Waals surface area contributed by atoms with Gasteiger partial charge in [0.25, 0.3) is 0 Å². The molecule has 0 saturated carbocycles. The molecule has 0 aliphatic carbocycles. The Balaban J connectivity index is 2.41. The fourth-order valence-corrected chi connectivity index (χ4v) is 4.58. The van der Waals surface area contributed by atoms with Gasteiger partial charge in [0.15, 0.2) is 0 Å². The summed E-state index contributed by atoms with van der Waals surface area (Å²) in [7, 11) is 0. The van der Waals surface area contributed by atoms with Crippen molar-refractivity contribution >= 4 is 54.8 Å². The van der Waals surface area contributed by atoms with Crippen LogP contribution in [-0.2, 0) is 0 Å². The van der Waals surface area contributed by atoms with Gasteiger partial charge in [-0.15, -0.1) is 11.3 Å². The van der Waals surface area contributed by atoms with Crippen LogP contribution < -0.4 is 5.32 Å². The first-order valence-electron chi connectivity index (χ1n) is 6.47. The number of halogens is 3. The Morgan fingerprint density at radius 1 is 1.25 bits per heavy atom. The molecule has 0 aliphatic heterocycles. The predicted molar refractivity (Wildman–Crippen MR) is 96.0 cm³/mol. The first-order chi connectivity index (χ1) is 9.52. The highest BCUT2D eigenvalue weighted by molar-refractivity contribution is 9.10. The van der Waals surface area contributed by atoms with Gasteiger partial charge < -0.3 is 5.32 Å². The van der Waals surface area contributed by atoms with E-state index in [2.05, 4.69) is 75.3 Å². The minimum Gasteiger partial charge on any atom is -0.306 e. The molecule has 0 bridgehead atoms. The van der Waals surface area contributed by atoms with Crippen molar-refractivity contribution in [3.63, 3.8) is 0 Å². The zero-order chi connectivity index (χ0) is 14.7. The van der Waals surface area contributed by atoms with E-state index in [0.717, 1.165) is 26.2 Å². The van der Waals surface area contributed by atoms with Crippen molar-refractivity contribution in [3.05, 3.63) is 53.6 Å². The molecule has 1 atom stereocenters. The number of hydrogen-bond acceptors (Lipinski definition) is 2. The number of thiophene rings is 1. The topological polar surface area (TPSA) is 12.0 Å². The highest BCUT2D eigenvalue weighted by atomic mass is 79.9. The first kappa shape index (κ1) is 16.5. The number of benzene rings is 1. The summed E-state index contributed by atoms with van der Waals surface area (Å²) in [5, 5.41) is 3.60. The lowest BCUT2D eigenvalue weighted by Gasteiger charge is -2.19. The lowest BCUT2D eigenvalue weighted by molar-refractivity contribution is 0.604. The van der Waals surface area contributed by atoms with Gasteiger partial charge in [0, 0.05) is 13.8 Å². The lowest BCUT2D eigenvalue weighted by atomic mass is 10.0. The van der Waals surface area contributed by atoms with Crippen molar-refractivity contribution in [2.75, 3.05) is 6.54 Å². The summed E-state index contributed by atoms with van der Waals surface area (Å²) in [6, 6.07) is 8.74. The molecule has 2 aromatic rings. The average Bonchev–Trinajstić information content (AvgIpc) is 2.72. The fourth-order valence-electron chi connectivity index (χ4n) is 2.02. The average molecular weight is 438 g/mol. The van der Waals surface area contributed by atoms with Gasteiger partial charge in [-0.3, -0.25) is 0 Å². The summed E-state index contributed by atoms with van der Waals surface area (Å²) in [6.45, 7) is 5.24. The molecule has 1 aromatic carbocycles. The molecule has 0 fully saturated rings. The summed E-state index contributed by atoms with van der Waals surface area (Å²) in [5.41, 5.74) is 2.50. The maximum Gasteiger partial charge on any atom is 0.107 e. The van der Waals surface area contributed by atoms with Gasteiger partial charge in [0.05, 0.1) is 6.04 Å². The van der Waals surface area contributed by atoms with Crippen LogP contribution in [0, 0.1) is 6.92 Å². The molecule has 2 rings (SSSR count). The van der Waals surface area contributed by atoms with E-state index in [1.165, 1.54) is 16.0 Å². The van der Waals surface area contributed by atoms with Crippen LogP contribution in [-0.4, -0.2) is 6.54 Å². The van der Waals surface area contributed by atoms with E-state index in [-0.39, 0.29) is 6.04 Å². The largest absolute Gasteiger partial charge is 0.306 e. The molecule has 1 N–H and O–H groups in total. The molecule has 5 heteroatoms. The Morgan fingerprint density at radius 3 is 2.55 bits per heavy atom. The Bertz CT molecular complexity index is 578. The van der Waals surface area contributed by atoms with E-state index in [1.807, 2.05) is 0 Å². The second-order valence-corrected chi connectivity index (χ2v) is 8.08. The van der Waals surface area contributed by atoms with E-state index < -0.39 is 0 Å². The van der Waals surface area contributed by atoms with Gasteiger partial charge in [-0.1, -0.05) is 46.6 Å². The van der Waals surface area contributed by atoms with Crippen molar-refractivity contribution in [2.45, 2.75) is 26.3 Å². The van der Waals surface area contributed by atoms with Crippen LogP contribution >= 0.6 is 54.8 Å². The van der Waals surface area contributed by atoms with Crippen molar-refractivity contribution in [2.24, 2.45) is 0 Å². The van der Waals surface area contributed by atoms with Gasteiger partial charge >= 0.3 is 0 Å². The second kappa shape index (κ2) is 7.41. The second-order valence-electron chi connectivity index (χ2n) is 4.68. The lowest BCUT2D eigenvalue weighted by Crippen LogP contribution is -2.22.